The molecule has 0 heterocycles. The van der Waals surface area contributed by atoms with Gasteiger partial charge < -0.3 is 11.1 Å². The van der Waals surface area contributed by atoms with Gasteiger partial charge in [0.2, 0.25) is 0 Å². The predicted octanol–water partition coefficient (Wildman–Crippen LogP) is 5.29. The second kappa shape index (κ2) is 5.51. The van der Waals surface area contributed by atoms with Gasteiger partial charge in [-0.2, -0.15) is 0 Å². The number of nitrogens with one attached hydrogen (secondary N) is 1. The van der Waals surface area contributed by atoms with E-state index in [1.165, 1.54) is 6.07 Å². The number of nitrogens with two attached hydrogens (primary N) is 1. The Balaban J connectivity index is 2.39. The summed E-state index contributed by atoms with van der Waals surface area (Å²) in [6.07, 6.45) is 0. The quantitative estimate of drug-likeness (QED) is 0.686. The molecule has 19 heavy (non-hydrogen) atoms. The van der Waals surface area contributed by atoms with Crippen molar-refractivity contribution in [3.63, 3.8) is 0 Å². The maximum absolute atomic E-state index is 13.5. The summed E-state index contributed by atoms with van der Waals surface area (Å²) in [6.45, 7) is 4.02. The van der Waals surface area contributed by atoms with Crippen LogP contribution in [0.3, 0.4) is 0 Å². The minimum absolute atomic E-state index is 0.345. The molecule has 0 bridgehead atoms. The summed E-state index contributed by atoms with van der Waals surface area (Å²) in [5.41, 5.74) is 10.0. The van der Waals surface area contributed by atoms with Crippen LogP contribution in [0.1, 0.15) is 11.1 Å². The highest BCUT2D eigenvalue weighted by Crippen LogP contribution is 2.31. The van der Waals surface area contributed by atoms with E-state index < -0.39 is 0 Å². The number of hydrogen-bond acceptors (Lipinski definition) is 2. The first kappa shape index (κ1) is 14.3. The molecular formula is C14H13Br2FN2. The Kier molecular flexibility index (Phi) is 4.16. The number of hydrogen-bond donors (Lipinski definition) is 2. The number of rotatable bonds is 2. The lowest BCUT2D eigenvalue weighted by Crippen LogP contribution is -1.99. The normalized spacial score (nSPS) is 10.6. The molecule has 0 spiro atoms. The molecule has 0 saturated carbocycles. The maximum Gasteiger partial charge on any atom is 0.139 e. The van der Waals surface area contributed by atoms with Gasteiger partial charge in [-0.3, -0.25) is 0 Å². The van der Waals surface area contributed by atoms with Crippen LogP contribution in [0, 0.1) is 19.7 Å². The van der Waals surface area contributed by atoms with E-state index in [0.29, 0.717) is 15.8 Å². The molecule has 0 aliphatic heterocycles. The molecule has 0 aliphatic carbocycles. The number of halogens is 3. The van der Waals surface area contributed by atoms with E-state index in [0.717, 1.165) is 21.3 Å². The van der Waals surface area contributed by atoms with E-state index in [9.17, 15) is 4.39 Å². The zero-order valence-corrected chi connectivity index (χ0v) is 13.7. The van der Waals surface area contributed by atoms with Crippen LogP contribution in [0.4, 0.5) is 21.5 Å². The van der Waals surface area contributed by atoms with Crippen LogP contribution in [0.15, 0.2) is 33.2 Å². The second-order valence-corrected chi connectivity index (χ2v) is 6.05. The van der Waals surface area contributed by atoms with E-state index >= 15 is 0 Å². The third kappa shape index (κ3) is 3.09. The van der Waals surface area contributed by atoms with Gasteiger partial charge in [0.05, 0.1) is 15.8 Å². The second-order valence-electron chi connectivity index (χ2n) is 4.40. The molecule has 0 fully saturated rings. The van der Waals surface area contributed by atoms with Gasteiger partial charge in [0.1, 0.15) is 5.82 Å². The van der Waals surface area contributed by atoms with Crippen molar-refractivity contribution >= 4 is 48.9 Å². The molecule has 0 amide bonds. The monoisotopic (exact) mass is 386 g/mol. The Hall–Kier alpha value is -1.07. The smallest absolute Gasteiger partial charge is 0.139 e. The van der Waals surface area contributed by atoms with E-state index in [4.69, 9.17) is 5.73 Å². The largest absolute Gasteiger partial charge is 0.397 e. The van der Waals surface area contributed by atoms with E-state index in [-0.39, 0.29) is 5.82 Å². The third-order valence-corrected chi connectivity index (χ3v) is 4.67. The highest BCUT2D eigenvalue weighted by molar-refractivity contribution is 9.10. The molecular weight excluding hydrogens is 375 g/mol. The van der Waals surface area contributed by atoms with Crippen LogP contribution in [0.25, 0.3) is 0 Å². The lowest BCUT2D eigenvalue weighted by atomic mass is 10.1. The fourth-order valence-corrected chi connectivity index (χ4v) is 2.43. The van der Waals surface area contributed by atoms with Crippen molar-refractivity contribution < 1.29 is 4.39 Å². The molecule has 2 rings (SSSR count). The minimum atomic E-state index is -0.345. The van der Waals surface area contributed by atoms with Gasteiger partial charge in [-0.1, -0.05) is 15.9 Å². The average molecular weight is 388 g/mol. The summed E-state index contributed by atoms with van der Waals surface area (Å²) >= 11 is 6.63. The van der Waals surface area contributed by atoms with Crippen molar-refractivity contribution in [3.8, 4) is 0 Å². The summed E-state index contributed by atoms with van der Waals surface area (Å²) in [5, 5.41) is 3.14. The van der Waals surface area contributed by atoms with Gasteiger partial charge in [0, 0.05) is 16.2 Å². The SMILES string of the molecule is Cc1cc(Nc2cc(F)c(Br)cc2N)cc(C)c1Br. The summed E-state index contributed by atoms with van der Waals surface area (Å²) in [4.78, 5) is 0. The molecule has 0 atom stereocenters. The highest BCUT2D eigenvalue weighted by Gasteiger charge is 2.08. The molecule has 0 saturated heterocycles. The van der Waals surface area contributed by atoms with Crippen molar-refractivity contribution in [2.75, 3.05) is 11.1 Å². The number of nitrogen functional groups attached to an aromatic ring is 1. The van der Waals surface area contributed by atoms with Gasteiger partial charge in [0.25, 0.3) is 0 Å². The summed E-state index contributed by atoms with van der Waals surface area (Å²) in [6, 6.07) is 6.90. The van der Waals surface area contributed by atoms with Crippen molar-refractivity contribution in [2.45, 2.75) is 13.8 Å². The van der Waals surface area contributed by atoms with Gasteiger partial charge >= 0.3 is 0 Å². The topological polar surface area (TPSA) is 38.0 Å². The van der Waals surface area contributed by atoms with E-state index in [2.05, 4.69) is 37.2 Å². The highest BCUT2D eigenvalue weighted by atomic mass is 79.9. The first-order chi connectivity index (χ1) is 8.88. The van der Waals surface area contributed by atoms with Crippen molar-refractivity contribution in [1.82, 2.24) is 0 Å². The summed E-state index contributed by atoms with van der Waals surface area (Å²) in [7, 11) is 0. The van der Waals surface area contributed by atoms with Crippen molar-refractivity contribution in [2.24, 2.45) is 0 Å². The summed E-state index contributed by atoms with van der Waals surface area (Å²) < 4.78 is 15.0. The standard InChI is InChI=1S/C14H13Br2FN2/c1-7-3-9(4-8(2)14(7)16)19-13-6-11(17)10(15)5-12(13)18/h3-6,19H,18H2,1-2H3. The molecule has 3 N–H and O–H groups in total. The van der Waals surface area contributed by atoms with Crippen LogP contribution < -0.4 is 11.1 Å². The zero-order valence-electron chi connectivity index (χ0n) is 10.5. The summed E-state index contributed by atoms with van der Waals surface area (Å²) in [5.74, 6) is -0.345. The van der Waals surface area contributed by atoms with Gasteiger partial charge in [-0.25, -0.2) is 4.39 Å². The Morgan fingerprint density at radius 2 is 1.63 bits per heavy atom. The van der Waals surface area contributed by atoms with Gasteiger partial charge in [-0.05, 0) is 59.1 Å². The molecule has 0 unspecified atom stereocenters. The molecule has 5 heteroatoms. The first-order valence-electron chi connectivity index (χ1n) is 5.67. The molecule has 2 aromatic rings. The lowest BCUT2D eigenvalue weighted by Gasteiger charge is -2.13. The Morgan fingerprint density at radius 3 is 2.21 bits per heavy atom. The lowest BCUT2D eigenvalue weighted by molar-refractivity contribution is 0.622. The molecule has 0 radical (unpaired) electrons. The molecule has 0 aromatic heterocycles. The Morgan fingerprint density at radius 1 is 1.05 bits per heavy atom. The minimum Gasteiger partial charge on any atom is -0.397 e. The van der Waals surface area contributed by atoms with Gasteiger partial charge in [-0.15, -0.1) is 0 Å². The van der Waals surface area contributed by atoms with E-state index in [1.807, 2.05) is 26.0 Å². The molecule has 0 aliphatic rings. The molecule has 2 nitrogen and oxygen atoms in total. The van der Waals surface area contributed by atoms with Crippen LogP contribution in [-0.4, -0.2) is 0 Å². The first-order valence-corrected chi connectivity index (χ1v) is 7.25. The zero-order chi connectivity index (χ0) is 14.2. The maximum atomic E-state index is 13.5. The van der Waals surface area contributed by atoms with Crippen molar-refractivity contribution in [3.05, 3.63) is 50.2 Å². The molecule has 2 aromatic carbocycles. The number of anilines is 3. The Bertz CT molecular complexity index is 619. The number of aryl methyl sites for hydroxylation is 2. The fraction of sp³-hybridized carbons (Fsp3) is 0.143. The predicted molar refractivity (Wildman–Crippen MR) is 85.4 cm³/mol. The van der Waals surface area contributed by atoms with Crippen LogP contribution in [0.2, 0.25) is 0 Å². The number of benzene rings is 2. The molecule has 100 valence electrons. The average Bonchev–Trinajstić information content (AvgIpc) is 2.33. The fourth-order valence-electron chi connectivity index (χ4n) is 1.84. The van der Waals surface area contributed by atoms with E-state index in [1.54, 1.807) is 6.07 Å². The van der Waals surface area contributed by atoms with Crippen LogP contribution in [-0.2, 0) is 0 Å². The van der Waals surface area contributed by atoms with Gasteiger partial charge in [0.15, 0.2) is 0 Å². The third-order valence-electron chi connectivity index (χ3n) is 2.81. The van der Waals surface area contributed by atoms with Crippen LogP contribution in [0.5, 0.6) is 0 Å². The van der Waals surface area contributed by atoms with Crippen molar-refractivity contribution in [1.29, 1.82) is 0 Å². The Labute approximate surface area is 128 Å². The van der Waals surface area contributed by atoms with Crippen LogP contribution >= 0.6 is 31.9 Å².